The van der Waals surface area contributed by atoms with E-state index in [1.165, 1.54) is 17.4 Å². The molecule has 3 heterocycles. The summed E-state index contributed by atoms with van der Waals surface area (Å²) in [6.07, 6.45) is 6.17. The topological polar surface area (TPSA) is 96.9 Å². The van der Waals surface area contributed by atoms with Crippen molar-refractivity contribution in [2.45, 2.75) is 37.4 Å². The molecule has 0 bridgehead atoms. The Balaban J connectivity index is 1.43. The van der Waals surface area contributed by atoms with Crippen molar-refractivity contribution in [3.05, 3.63) is 53.7 Å². The van der Waals surface area contributed by atoms with Gasteiger partial charge in [-0.15, -0.1) is 11.3 Å². The highest BCUT2D eigenvalue weighted by atomic mass is 32.2. The number of nitrogens with one attached hydrogen (secondary N) is 2. The van der Waals surface area contributed by atoms with Gasteiger partial charge in [0.15, 0.2) is 5.13 Å². The van der Waals surface area contributed by atoms with Crippen molar-refractivity contribution in [3.63, 3.8) is 0 Å². The zero-order chi connectivity index (χ0) is 21.3. The fourth-order valence-electron chi connectivity index (χ4n) is 2.66. The van der Waals surface area contributed by atoms with Crippen LogP contribution in [0.5, 0.6) is 0 Å². The first-order chi connectivity index (χ1) is 14.3. The van der Waals surface area contributed by atoms with Crippen LogP contribution in [0.25, 0.3) is 11.1 Å². The number of rotatable bonds is 7. The molecule has 2 N–H and O–H groups in total. The van der Waals surface area contributed by atoms with E-state index in [1.54, 1.807) is 43.8 Å². The second kappa shape index (κ2) is 8.19. The van der Waals surface area contributed by atoms with Gasteiger partial charge in [0.05, 0.1) is 22.6 Å². The number of hydrogen-bond donors (Lipinski definition) is 2. The van der Waals surface area contributed by atoms with Gasteiger partial charge in [-0.1, -0.05) is 0 Å². The monoisotopic (exact) mass is 445 g/mol. The Morgan fingerprint density at radius 2 is 2.03 bits per heavy atom. The molecule has 7 nitrogen and oxygen atoms in total. The number of anilines is 2. The van der Waals surface area contributed by atoms with Gasteiger partial charge in [0, 0.05) is 28.9 Å². The Kier molecular flexibility index (Phi) is 5.61. The molecule has 156 valence electrons. The molecule has 1 amide bonds. The molecule has 1 saturated carbocycles. The van der Waals surface area contributed by atoms with E-state index in [1.807, 2.05) is 0 Å². The van der Waals surface area contributed by atoms with Crippen LogP contribution in [0.1, 0.15) is 32.4 Å². The largest absolute Gasteiger partial charge is 0.310 e. The van der Waals surface area contributed by atoms with Gasteiger partial charge >= 0.3 is 0 Å². The minimum Gasteiger partial charge on any atom is -0.310 e. The third-order valence-electron chi connectivity index (χ3n) is 4.77. The van der Waals surface area contributed by atoms with Crippen LogP contribution in [-0.4, -0.2) is 30.3 Å². The fourth-order valence-corrected chi connectivity index (χ4v) is 4.77. The van der Waals surface area contributed by atoms with Crippen molar-refractivity contribution in [1.82, 2.24) is 15.0 Å². The lowest BCUT2D eigenvalue weighted by molar-refractivity contribution is -0.120. The van der Waals surface area contributed by atoms with Gasteiger partial charge < -0.3 is 5.32 Å². The molecule has 1 aliphatic rings. The number of aromatic nitrogens is 3. The molecule has 1 fully saturated rings. The Hall–Kier alpha value is -2.72. The minimum atomic E-state index is -1.13. The molecule has 0 saturated heterocycles. The molecule has 4 rings (SSSR count). The fraction of sp³-hybridized carbons (Fsp3) is 0.300. The van der Waals surface area contributed by atoms with Crippen LogP contribution in [0.2, 0.25) is 0 Å². The summed E-state index contributed by atoms with van der Waals surface area (Å²) in [5, 5.41) is 5.33. The van der Waals surface area contributed by atoms with Crippen LogP contribution < -0.4 is 10.0 Å². The molecule has 10 heteroatoms. The van der Waals surface area contributed by atoms with Crippen molar-refractivity contribution in [3.8, 4) is 11.1 Å². The number of halogens is 1. The molecule has 0 radical (unpaired) electrons. The van der Waals surface area contributed by atoms with E-state index in [9.17, 15) is 13.4 Å². The second-order valence-electron chi connectivity index (χ2n) is 7.54. The average Bonchev–Trinajstić information content (AvgIpc) is 3.47. The lowest BCUT2D eigenvalue weighted by Crippen LogP contribution is -2.35. The van der Waals surface area contributed by atoms with Gasteiger partial charge in [0.1, 0.15) is 22.6 Å². The van der Waals surface area contributed by atoms with Crippen molar-refractivity contribution in [2.24, 2.45) is 0 Å². The summed E-state index contributed by atoms with van der Waals surface area (Å²) in [5.74, 6) is -0.315. The van der Waals surface area contributed by atoms with E-state index in [4.69, 9.17) is 0 Å². The predicted molar refractivity (Wildman–Crippen MR) is 116 cm³/mol. The van der Waals surface area contributed by atoms with Crippen LogP contribution in [-0.2, 0) is 21.2 Å². The summed E-state index contributed by atoms with van der Waals surface area (Å²) in [5.41, 5.74) is 0.970. The summed E-state index contributed by atoms with van der Waals surface area (Å²) in [6, 6.07) is 4.76. The van der Waals surface area contributed by atoms with E-state index >= 15 is 0 Å². The van der Waals surface area contributed by atoms with E-state index in [2.05, 4.69) is 25.0 Å². The maximum Gasteiger partial charge on any atom is 0.237 e. The number of amides is 1. The number of carbonyl (C=O) groups excluding carboxylic acids is 1. The van der Waals surface area contributed by atoms with E-state index < -0.39 is 22.2 Å². The van der Waals surface area contributed by atoms with Crippen LogP contribution in [0, 0.1) is 5.82 Å². The van der Waals surface area contributed by atoms with Gasteiger partial charge in [-0.3, -0.25) is 14.5 Å². The zero-order valence-corrected chi connectivity index (χ0v) is 18.0. The van der Waals surface area contributed by atoms with Crippen LogP contribution in [0.4, 0.5) is 15.3 Å². The molecule has 30 heavy (non-hydrogen) atoms. The summed E-state index contributed by atoms with van der Waals surface area (Å²) < 4.78 is 28.3. The predicted octanol–water partition coefficient (Wildman–Crippen LogP) is 3.89. The van der Waals surface area contributed by atoms with Gasteiger partial charge in [-0.25, -0.2) is 18.6 Å². The van der Waals surface area contributed by atoms with Crippen LogP contribution >= 0.6 is 11.3 Å². The second-order valence-corrected chi connectivity index (χ2v) is 9.86. The maximum atomic E-state index is 13.3. The third kappa shape index (κ3) is 4.54. The van der Waals surface area contributed by atoms with Crippen LogP contribution in [0.3, 0.4) is 0 Å². The first kappa shape index (κ1) is 20.5. The summed E-state index contributed by atoms with van der Waals surface area (Å²) in [6.45, 7) is 3.54. The number of nitrogens with zero attached hydrogens (tertiary/aromatic N) is 3. The number of carbonyl (C=O) groups is 1. The summed E-state index contributed by atoms with van der Waals surface area (Å²) in [7, 11) is -1.13. The number of pyridine rings is 2. The molecular formula is C20H20FN5O2S2. The van der Waals surface area contributed by atoms with Crippen molar-refractivity contribution in [1.29, 1.82) is 0 Å². The molecular weight excluding hydrogens is 425 g/mol. The molecule has 0 aromatic carbocycles. The van der Waals surface area contributed by atoms with Gasteiger partial charge in [-0.05, 0) is 44.9 Å². The molecule has 1 unspecified atom stereocenters. The smallest absolute Gasteiger partial charge is 0.237 e. The molecule has 0 aliphatic heterocycles. The minimum absolute atomic E-state index is 0.200. The Morgan fingerprint density at radius 3 is 2.70 bits per heavy atom. The van der Waals surface area contributed by atoms with Gasteiger partial charge in [-0.2, -0.15) is 0 Å². The summed E-state index contributed by atoms with van der Waals surface area (Å²) >= 11 is 1.33. The standard InChI is InChI=1S/C20H20FN5O2S2/c1-20(2,16-11-29-19(24-16)26-30(28)15-4-5-15)18(27)25-17-6-3-12(9-23-17)13-7-14(21)10-22-8-13/h3,6-11,15H,4-5H2,1-2H3,(H,24,26)(H,23,25,27). The number of thiazole rings is 1. The molecule has 3 aromatic rings. The zero-order valence-electron chi connectivity index (χ0n) is 16.4. The van der Waals surface area contributed by atoms with Gasteiger partial charge in [0.25, 0.3) is 0 Å². The van der Waals surface area contributed by atoms with Gasteiger partial charge in [0.2, 0.25) is 5.91 Å². The molecule has 1 aliphatic carbocycles. The molecule has 3 aromatic heterocycles. The molecule has 1 atom stereocenters. The highest BCUT2D eigenvalue weighted by molar-refractivity contribution is 7.87. The Morgan fingerprint density at radius 1 is 1.23 bits per heavy atom. The first-order valence-corrected chi connectivity index (χ1v) is 11.4. The van der Waals surface area contributed by atoms with Crippen molar-refractivity contribution in [2.75, 3.05) is 10.0 Å². The maximum absolute atomic E-state index is 13.3. The Labute approximate surface area is 179 Å². The quantitative estimate of drug-likeness (QED) is 0.575. The normalized spacial score (nSPS) is 14.9. The van der Waals surface area contributed by atoms with E-state index in [0.717, 1.165) is 19.0 Å². The van der Waals surface area contributed by atoms with E-state index in [0.29, 0.717) is 27.8 Å². The third-order valence-corrected chi connectivity index (χ3v) is 7.13. The Bertz CT molecular complexity index is 1100. The van der Waals surface area contributed by atoms with Crippen molar-refractivity contribution >= 4 is 39.2 Å². The summed E-state index contributed by atoms with van der Waals surface area (Å²) in [4.78, 5) is 25.4. The SMILES string of the molecule is CC(C)(C(=O)Nc1ccc(-c2cncc(F)c2)cn1)c1csc(NS(=O)C2CC2)n1. The number of hydrogen-bond acceptors (Lipinski definition) is 6. The average molecular weight is 446 g/mol. The lowest BCUT2D eigenvalue weighted by Gasteiger charge is -2.21. The van der Waals surface area contributed by atoms with Crippen LogP contribution in [0.15, 0.2) is 42.2 Å². The van der Waals surface area contributed by atoms with Crippen molar-refractivity contribution < 1.29 is 13.4 Å². The van der Waals surface area contributed by atoms with E-state index in [-0.39, 0.29) is 11.2 Å². The highest BCUT2D eigenvalue weighted by Crippen LogP contribution is 2.31. The first-order valence-electron chi connectivity index (χ1n) is 9.34. The highest BCUT2D eigenvalue weighted by Gasteiger charge is 2.34. The lowest BCUT2D eigenvalue weighted by atomic mass is 9.89. The molecule has 0 spiro atoms.